The molecule has 3 aliphatic rings. The summed E-state index contributed by atoms with van der Waals surface area (Å²) in [5.41, 5.74) is 1.40. The second kappa shape index (κ2) is 9.17. The van der Waals surface area contributed by atoms with Crippen molar-refractivity contribution in [1.29, 1.82) is 0 Å². The van der Waals surface area contributed by atoms with Gasteiger partial charge in [-0.3, -0.25) is 4.90 Å². The standard InChI is InChI=1S/C24H36N2O9Si/c1-23(2,3)36(7,8)34-12-15-19-16(9-14(21(27)31-5)10-18(19)33-13-30-4)25-11-17-20(24(15,29)35-25)26(17)22(28)32-6/h9-10,15,17,20,29H,11-13H2,1-8H3/t15-,17-,20-,24-,26?/m0/s1. The first-order valence-electron chi connectivity index (χ1n) is 11.9. The Morgan fingerprint density at radius 2 is 1.89 bits per heavy atom. The van der Waals surface area contributed by atoms with E-state index in [1.165, 1.54) is 31.3 Å². The molecule has 4 rings (SSSR count). The molecule has 11 nitrogen and oxygen atoms in total. The third kappa shape index (κ3) is 4.24. The zero-order valence-corrected chi connectivity index (χ0v) is 23.1. The van der Waals surface area contributed by atoms with Crippen LogP contribution in [0.25, 0.3) is 0 Å². The summed E-state index contributed by atoms with van der Waals surface area (Å²) >= 11 is 0. The highest BCUT2D eigenvalue weighted by atomic mass is 28.4. The number of methoxy groups -OCH3 is 3. The minimum Gasteiger partial charge on any atom is -0.467 e. The molecule has 3 heterocycles. The van der Waals surface area contributed by atoms with E-state index in [1.807, 2.05) is 0 Å². The highest BCUT2D eigenvalue weighted by molar-refractivity contribution is 6.74. The van der Waals surface area contributed by atoms with Crippen molar-refractivity contribution in [2.75, 3.05) is 46.3 Å². The van der Waals surface area contributed by atoms with Crippen molar-refractivity contribution in [3.8, 4) is 5.75 Å². The summed E-state index contributed by atoms with van der Waals surface area (Å²) in [6.07, 6.45) is -0.546. The maximum absolute atomic E-state index is 12.5. The molecule has 200 valence electrons. The van der Waals surface area contributed by atoms with Crippen molar-refractivity contribution in [3.63, 3.8) is 0 Å². The van der Waals surface area contributed by atoms with E-state index in [0.717, 1.165) is 0 Å². The van der Waals surface area contributed by atoms with Gasteiger partial charge in [0, 0.05) is 19.3 Å². The molecule has 0 radical (unpaired) electrons. The first-order chi connectivity index (χ1) is 16.8. The topological polar surface area (TPSA) is 116 Å². The number of nitrogens with zero attached hydrogens (tertiary/aromatic N) is 2. The average Bonchev–Trinajstić information content (AvgIpc) is 3.55. The van der Waals surface area contributed by atoms with Crippen LogP contribution in [0, 0.1) is 0 Å². The van der Waals surface area contributed by atoms with Crippen LogP contribution in [0.4, 0.5) is 10.5 Å². The van der Waals surface area contributed by atoms with Crippen LogP contribution in [0.5, 0.6) is 5.75 Å². The predicted molar refractivity (Wildman–Crippen MR) is 131 cm³/mol. The number of rotatable bonds is 7. The lowest BCUT2D eigenvalue weighted by Crippen LogP contribution is -2.60. The first-order valence-corrected chi connectivity index (χ1v) is 14.8. The van der Waals surface area contributed by atoms with Gasteiger partial charge in [-0.05, 0) is 30.3 Å². The van der Waals surface area contributed by atoms with E-state index in [1.54, 1.807) is 12.1 Å². The van der Waals surface area contributed by atoms with Crippen LogP contribution in [0.3, 0.4) is 0 Å². The van der Waals surface area contributed by atoms with Gasteiger partial charge >= 0.3 is 12.1 Å². The maximum Gasteiger partial charge on any atom is 0.410 e. The Balaban J connectivity index is 1.84. The Morgan fingerprint density at radius 1 is 1.19 bits per heavy atom. The summed E-state index contributed by atoms with van der Waals surface area (Å²) in [7, 11) is 1.85. The third-order valence-electron chi connectivity index (χ3n) is 7.76. The van der Waals surface area contributed by atoms with Crippen LogP contribution in [0.2, 0.25) is 18.1 Å². The zero-order valence-electron chi connectivity index (χ0n) is 22.1. The minimum atomic E-state index is -2.24. The van der Waals surface area contributed by atoms with Crippen LogP contribution >= 0.6 is 0 Å². The molecular formula is C24H36N2O9Si. The summed E-state index contributed by atoms with van der Waals surface area (Å²) in [6, 6.07) is 2.25. The average molecular weight is 525 g/mol. The zero-order chi connectivity index (χ0) is 26.6. The van der Waals surface area contributed by atoms with Crippen molar-refractivity contribution in [2.24, 2.45) is 0 Å². The molecule has 1 aromatic carbocycles. The first kappa shape index (κ1) is 26.7. The second-order valence-electron chi connectivity index (χ2n) is 10.9. The maximum atomic E-state index is 12.5. The van der Waals surface area contributed by atoms with E-state index in [0.29, 0.717) is 17.0 Å². The molecule has 0 aromatic heterocycles. The van der Waals surface area contributed by atoms with Gasteiger partial charge in [0.15, 0.2) is 15.1 Å². The van der Waals surface area contributed by atoms with Crippen molar-refractivity contribution in [1.82, 2.24) is 4.90 Å². The van der Waals surface area contributed by atoms with Crippen LogP contribution < -0.4 is 9.80 Å². The van der Waals surface area contributed by atoms with Gasteiger partial charge < -0.3 is 28.5 Å². The molecule has 0 aliphatic carbocycles. The number of carbonyl (C=O) groups excluding carboxylic acids is 2. The van der Waals surface area contributed by atoms with Crippen molar-refractivity contribution in [3.05, 3.63) is 23.3 Å². The fourth-order valence-electron chi connectivity index (χ4n) is 4.72. The van der Waals surface area contributed by atoms with Crippen LogP contribution in [-0.2, 0) is 23.5 Å². The molecule has 1 amide bonds. The van der Waals surface area contributed by atoms with Crippen LogP contribution in [-0.4, -0.2) is 89.5 Å². The van der Waals surface area contributed by atoms with Crippen molar-refractivity contribution in [2.45, 2.75) is 62.7 Å². The summed E-state index contributed by atoms with van der Waals surface area (Å²) in [4.78, 5) is 32.6. The molecule has 2 bridgehead atoms. The second-order valence-corrected chi connectivity index (χ2v) is 15.7. The summed E-state index contributed by atoms with van der Waals surface area (Å²) < 4.78 is 27.5. The highest BCUT2D eigenvalue weighted by Crippen LogP contribution is 2.57. The predicted octanol–water partition coefficient (Wildman–Crippen LogP) is 2.83. The van der Waals surface area contributed by atoms with Gasteiger partial charge in [-0.25, -0.2) is 19.5 Å². The SMILES string of the molecule is COCOc1cc(C(=O)OC)cc2c1[C@H](CO[Si](C)(C)C(C)(C)C)[C@]1(O)ON2C[C@H]2[C@@H]1N2C(=O)OC. The van der Waals surface area contributed by atoms with Gasteiger partial charge in [0.1, 0.15) is 11.8 Å². The number of carbonyl (C=O) groups is 2. The number of ether oxygens (including phenoxy) is 4. The fraction of sp³-hybridized carbons (Fsp3) is 0.667. The summed E-state index contributed by atoms with van der Waals surface area (Å²) in [6.45, 7) is 11.0. The molecule has 1 aromatic rings. The molecule has 0 spiro atoms. The Labute approximate surface area is 212 Å². The molecule has 2 saturated heterocycles. The lowest BCUT2D eigenvalue weighted by molar-refractivity contribution is -0.249. The minimum absolute atomic E-state index is 0.0726. The lowest BCUT2D eigenvalue weighted by atomic mass is 9.82. The summed E-state index contributed by atoms with van der Waals surface area (Å²) in [5, 5.41) is 13.5. The molecular weight excluding hydrogens is 488 g/mol. The van der Waals surface area contributed by atoms with E-state index >= 15 is 0 Å². The van der Waals surface area contributed by atoms with Crippen molar-refractivity contribution < 1.29 is 42.9 Å². The van der Waals surface area contributed by atoms with Gasteiger partial charge in [0.25, 0.3) is 0 Å². The molecule has 0 saturated carbocycles. The number of esters is 1. The highest BCUT2D eigenvalue weighted by Gasteiger charge is 2.72. The smallest absolute Gasteiger partial charge is 0.410 e. The molecule has 1 N–H and O–H groups in total. The number of hydrogen-bond donors (Lipinski definition) is 1. The van der Waals surface area contributed by atoms with Gasteiger partial charge in [-0.15, -0.1) is 0 Å². The normalized spacial score (nSPS) is 26.6. The lowest BCUT2D eigenvalue weighted by Gasteiger charge is -2.49. The molecule has 4 atom stereocenters. The van der Waals surface area contributed by atoms with Crippen molar-refractivity contribution >= 4 is 26.1 Å². The number of benzene rings is 1. The van der Waals surface area contributed by atoms with Crippen LogP contribution in [0.1, 0.15) is 42.6 Å². The molecule has 2 fully saturated rings. The summed E-state index contributed by atoms with van der Waals surface area (Å²) in [5.74, 6) is -2.75. The van der Waals surface area contributed by atoms with Gasteiger partial charge in [0.05, 0.1) is 44.0 Å². The Morgan fingerprint density at radius 3 is 2.47 bits per heavy atom. The molecule has 36 heavy (non-hydrogen) atoms. The molecule has 12 heteroatoms. The van der Waals surface area contributed by atoms with E-state index < -0.39 is 38.1 Å². The monoisotopic (exact) mass is 524 g/mol. The number of anilines is 1. The largest absolute Gasteiger partial charge is 0.467 e. The Hall–Kier alpha value is -2.38. The number of fused-ring (bicyclic) bond motifs is 6. The third-order valence-corrected chi connectivity index (χ3v) is 12.3. The molecule has 0 unspecified atom stereocenters. The van der Waals surface area contributed by atoms with Crippen LogP contribution in [0.15, 0.2) is 12.1 Å². The Bertz CT molecular complexity index is 1040. The fourth-order valence-corrected chi connectivity index (χ4v) is 5.73. The quantitative estimate of drug-likeness (QED) is 0.247. The van der Waals surface area contributed by atoms with E-state index in [-0.39, 0.29) is 36.6 Å². The van der Waals surface area contributed by atoms with Gasteiger partial charge in [-0.2, -0.15) is 0 Å². The van der Waals surface area contributed by atoms with Gasteiger partial charge in [0.2, 0.25) is 5.79 Å². The Kier molecular flexibility index (Phi) is 6.80. The molecule has 3 aliphatic heterocycles. The van der Waals surface area contributed by atoms with E-state index in [9.17, 15) is 14.7 Å². The number of aliphatic hydroxyl groups is 1. The van der Waals surface area contributed by atoms with E-state index in [2.05, 4.69) is 33.9 Å². The van der Waals surface area contributed by atoms with Gasteiger partial charge in [-0.1, -0.05) is 20.8 Å². The number of hydrogen-bond acceptors (Lipinski definition) is 10. The number of hydroxylamine groups is 1. The van der Waals surface area contributed by atoms with E-state index in [4.69, 9.17) is 28.2 Å². The number of amides is 1.